The molecule has 0 atom stereocenters. The lowest BCUT2D eigenvalue weighted by atomic mass is 9.95. The molecule has 0 bridgehead atoms. The van der Waals surface area contributed by atoms with Crippen LogP contribution in [0.15, 0.2) is 53.6 Å². The first-order chi connectivity index (χ1) is 15.9. The summed E-state index contributed by atoms with van der Waals surface area (Å²) >= 11 is 0. The van der Waals surface area contributed by atoms with E-state index in [9.17, 15) is 0 Å². The topological polar surface area (TPSA) is 17.3 Å². The first-order valence-electron chi connectivity index (χ1n) is 12.4. The predicted octanol–water partition coefficient (Wildman–Crippen LogP) is 10.2. The second kappa shape index (κ2) is 13.7. The van der Waals surface area contributed by atoms with Crippen LogP contribution in [0.2, 0.25) is 0 Å². The molecule has 2 nitrogen and oxygen atoms in total. The third-order valence-electron chi connectivity index (χ3n) is 6.21. The maximum absolute atomic E-state index is 15.8. The molecule has 4 heteroatoms. The standard InChI is InChI=1S/C28H43FN2S.C2H6/c1-14-22(12)26-24(23(15-2)27(29)28(30-13)18(4)5)17-31(25(26)16-3)32(19(6)7,20(8)9)21(10)11;1-2/h14-17,19-21H,2-3,13H2,1,4-12H3;1-2H3/b22-14-,27-23-;. The van der Waals surface area contributed by atoms with Crippen molar-refractivity contribution in [2.45, 2.75) is 98.8 Å². The molecular weight excluding hydrogens is 439 g/mol. The van der Waals surface area contributed by atoms with E-state index in [1.165, 1.54) is 0 Å². The van der Waals surface area contributed by atoms with Crippen LogP contribution in [0.1, 0.15) is 99.9 Å². The minimum atomic E-state index is -1.33. The molecule has 0 aliphatic carbocycles. The normalized spacial score (nSPS) is 13.4. The van der Waals surface area contributed by atoms with E-state index in [1.807, 2.05) is 40.7 Å². The molecule has 0 aliphatic heterocycles. The molecule has 1 aromatic rings. The third-order valence-corrected chi connectivity index (χ3v) is 11.7. The van der Waals surface area contributed by atoms with E-state index in [0.717, 1.165) is 28.0 Å². The number of halogens is 1. The van der Waals surface area contributed by atoms with Gasteiger partial charge in [0.05, 0.1) is 11.4 Å². The Morgan fingerprint density at radius 1 is 1.00 bits per heavy atom. The minimum absolute atomic E-state index is 0.270. The van der Waals surface area contributed by atoms with Gasteiger partial charge >= 0.3 is 0 Å². The zero-order valence-corrected chi connectivity index (χ0v) is 24.7. The number of hydrogen-bond donors (Lipinski definition) is 0. The summed E-state index contributed by atoms with van der Waals surface area (Å²) in [5.74, 6) is -0.396. The van der Waals surface area contributed by atoms with E-state index < -0.39 is 16.0 Å². The van der Waals surface area contributed by atoms with Gasteiger partial charge in [0.25, 0.3) is 0 Å². The Kier molecular flexibility index (Phi) is 12.9. The Morgan fingerprint density at radius 2 is 1.47 bits per heavy atom. The molecule has 0 fully saturated rings. The molecule has 0 saturated carbocycles. The van der Waals surface area contributed by atoms with Gasteiger partial charge in [-0.2, -0.15) is 10.2 Å². The highest BCUT2D eigenvalue weighted by atomic mass is 32.3. The van der Waals surface area contributed by atoms with Gasteiger partial charge in [0.15, 0.2) is 5.83 Å². The van der Waals surface area contributed by atoms with Crippen molar-refractivity contribution in [3.63, 3.8) is 0 Å². The van der Waals surface area contributed by atoms with Crippen molar-refractivity contribution in [3.05, 3.63) is 65.4 Å². The summed E-state index contributed by atoms with van der Waals surface area (Å²) in [6, 6.07) is 0. The smallest absolute Gasteiger partial charge is 0.156 e. The summed E-state index contributed by atoms with van der Waals surface area (Å²) in [4.78, 5) is 3.97. The van der Waals surface area contributed by atoms with Crippen LogP contribution in [-0.2, 0) is 0 Å². The largest absolute Gasteiger partial charge is 0.308 e. The summed E-state index contributed by atoms with van der Waals surface area (Å²) in [5, 5.41) is 1.30. The fourth-order valence-electron chi connectivity index (χ4n) is 4.92. The van der Waals surface area contributed by atoms with E-state index in [4.69, 9.17) is 0 Å². The Labute approximate surface area is 211 Å². The molecule has 0 saturated heterocycles. The Balaban J connectivity index is 0.00000529. The third kappa shape index (κ3) is 5.76. The van der Waals surface area contributed by atoms with Crippen LogP contribution in [-0.4, -0.2) is 26.4 Å². The Bertz CT molecular complexity index is 942. The molecule has 0 unspecified atom stereocenters. The molecule has 0 N–H and O–H groups in total. The van der Waals surface area contributed by atoms with Crippen molar-refractivity contribution in [1.82, 2.24) is 3.97 Å². The molecule has 0 aromatic carbocycles. The van der Waals surface area contributed by atoms with Gasteiger partial charge in [-0.15, -0.1) is 0 Å². The van der Waals surface area contributed by atoms with Crippen LogP contribution in [0.25, 0.3) is 17.2 Å². The van der Waals surface area contributed by atoms with Gasteiger partial charge < -0.3 is 3.97 Å². The second-order valence-electron chi connectivity index (χ2n) is 9.11. The average Bonchev–Trinajstić information content (AvgIpc) is 3.14. The van der Waals surface area contributed by atoms with Crippen LogP contribution in [0.3, 0.4) is 0 Å². The second-order valence-corrected chi connectivity index (χ2v) is 13.8. The van der Waals surface area contributed by atoms with E-state index in [1.54, 1.807) is 6.08 Å². The molecule has 0 amide bonds. The molecular formula is C30H49FN2S. The zero-order chi connectivity index (χ0) is 27.0. The average molecular weight is 489 g/mol. The molecule has 34 heavy (non-hydrogen) atoms. The van der Waals surface area contributed by atoms with E-state index >= 15 is 4.39 Å². The van der Waals surface area contributed by atoms with Crippen molar-refractivity contribution in [2.75, 3.05) is 0 Å². The summed E-state index contributed by atoms with van der Waals surface area (Å²) in [6.45, 7) is 37.3. The maximum Gasteiger partial charge on any atom is 0.156 e. The van der Waals surface area contributed by atoms with Crippen LogP contribution >= 0.6 is 10.2 Å². The summed E-state index contributed by atoms with van der Waals surface area (Å²) in [7, 11) is -1.33. The maximum atomic E-state index is 15.8. The fourth-order valence-corrected chi connectivity index (χ4v) is 10.3. The van der Waals surface area contributed by atoms with Gasteiger partial charge in [0, 0.05) is 38.6 Å². The van der Waals surface area contributed by atoms with Crippen molar-refractivity contribution in [3.8, 4) is 0 Å². The number of aromatic nitrogens is 1. The van der Waals surface area contributed by atoms with E-state index in [2.05, 4.69) is 89.6 Å². The molecule has 0 aliphatic rings. The zero-order valence-electron chi connectivity index (χ0n) is 23.8. The van der Waals surface area contributed by atoms with E-state index in [-0.39, 0.29) is 5.70 Å². The van der Waals surface area contributed by atoms with Crippen LogP contribution in [0.5, 0.6) is 0 Å². The Hall–Kier alpha value is -2.07. The first kappa shape index (κ1) is 31.9. The predicted molar refractivity (Wildman–Crippen MR) is 160 cm³/mol. The van der Waals surface area contributed by atoms with Crippen molar-refractivity contribution >= 4 is 34.2 Å². The highest BCUT2D eigenvalue weighted by Crippen LogP contribution is 2.63. The molecule has 0 spiro atoms. The van der Waals surface area contributed by atoms with Crippen LogP contribution in [0, 0.1) is 0 Å². The van der Waals surface area contributed by atoms with Gasteiger partial charge in [0.2, 0.25) is 0 Å². The number of allylic oxidation sites excluding steroid dienone is 6. The lowest BCUT2D eigenvalue weighted by Crippen LogP contribution is -2.34. The quantitative estimate of drug-likeness (QED) is 0.230. The first-order valence-corrected chi connectivity index (χ1v) is 14.1. The molecule has 1 aromatic heterocycles. The van der Waals surface area contributed by atoms with Crippen molar-refractivity contribution < 1.29 is 4.39 Å². The lowest BCUT2D eigenvalue weighted by Gasteiger charge is -2.53. The van der Waals surface area contributed by atoms with Gasteiger partial charge in [-0.3, -0.25) is 4.99 Å². The van der Waals surface area contributed by atoms with Gasteiger partial charge in [0.1, 0.15) is 0 Å². The van der Waals surface area contributed by atoms with Gasteiger partial charge in [-0.1, -0.05) is 80.7 Å². The van der Waals surface area contributed by atoms with Crippen LogP contribution < -0.4 is 0 Å². The summed E-state index contributed by atoms with van der Waals surface area (Å²) in [5.41, 5.74) is 5.43. The SMILES string of the molecule is C=C/C(=C(/F)C(N=C)=C(C)C)c1cn(S(C(C)C)(C(C)C)C(C)C)c(C=C)c1/C(C)=C\C.CC. The number of hydrogen-bond acceptors (Lipinski definition) is 1. The highest BCUT2D eigenvalue weighted by Gasteiger charge is 2.39. The molecule has 192 valence electrons. The van der Waals surface area contributed by atoms with Gasteiger partial charge in [-0.25, -0.2) is 4.39 Å². The van der Waals surface area contributed by atoms with Gasteiger partial charge in [-0.05, 0) is 51.6 Å². The van der Waals surface area contributed by atoms with Crippen molar-refractivity contribution in [2.24, 2.45) is 4.99 Å². The summed E-state index contributed by atoms with van der Waals surface area (Å²) in [6.07, 6.45) is 7.73. The lowest BCUT2D eigenvalue weighted by molar-refractivity contribution is 0.650. The Morgan fingerprint density at radius 3 is 1.76 bits per heavy atom. The molecule has 1 rings (SSSR count). The van der Waals surface area contributed by atoms with Crippen LogP contribution in [0.4, 0.5) is 4.39 Å². The minimum Gasteiger partial charge on any atom is -0.308 e. The van der Waals surface area contributed by atoms with Crippen molar-refractivity contribution in [1.29, 1.82) is 0 Å². The summed E-state index contributed by atoms with van der Waals surface area (Å²) < 4.78 is 18.2. The number of aliphatic imine (C=N–C) groups is 1. The number of rotatable bonds is 10. The molecule has 0 radical (unpaired) electrons. The fraction of sp³-hybridized carbons (Fsp3) is 0.500. The monoisotopic (exact) mass is 488 g/mol. The number of nitrogens with zero attached hydrogens (tertiary/aromatic N) is 2. The molecule has 1 heterocycles. The van der Waals surface area contributed by atoms with E-state index in [0.29, 0.717) is 21.3 Å². The highest BCUT2D eigenvalue weighted by molar-refractivity contribution is 8.33.